The second-order valence-electron chi connectivity index (χ2n) is 5.03. The van der Waals surface area contributed by atoms with Crippen LogP contribution < -0.4 is 0 Å². The molecule has 0 N–H and O–H groups in total. The molecule has 0 heterocycles. The van der Waals surface area contributed by atoms with Crippen molar-refractivity contribution in [2.75, 3.05) is 0 Å². The van der Waals surface area contributed by atoms with E-state index in [0.29, 0.717) is 17.5 Å². The van der Waals surface area contributed by atoms with Gasteiger partial charge in [0.15, 0.2) is 0 Å². The Morgan fingerprint density at radius 3 is 1.85 bits per heavy atom. The summed E-state index contributed by atoms with van der Waals surface area (Å²) in [6.07, 6.45) is -7.95. The zero-order chi connectivity index (χ0) is 20.5. The molecule has 26 heavy (non-hydrogen) atoms. The first-order valence-electron chi connectivity index (χ1n) is 7.94. The quantitative estimate of drug-likeness (QED) is 0.427. The predicted octanol–water partition coefficient (Wildman–Crippen LogP) is 7.96. The van der Waals surface area contributed by atoms with Gasteiger partial charge in [-0.1, -0.05) is 62.2 Å². The molecule has 2 aromatic rings. The Morgan fingerprint density at radius 2 is 1.42 bits per heavy atom. The van der Waals surface area contributed by atoms with Crippen molar-refractivity contribution in [1.82, 2.24) is 0 Å². The van der Waals surface area contributed by atoms with Crippen LogP contribution in [-0.2, 0) is 18.8 Å². The van der Waals surface area contributed by atoms with Crippen molar-refractivity contribution in [3.05, 3.63) is 69.7 Å². The summed E-state index contributed by atoms with van der Waals surface area (Å²) in [6.45, 7) is 7.42. The molecular weight excluding hydrogens is 378 g/mol. The van der Waals surface area contributed by atoms with Crippen LogP contribution in [0.5, 0.6) is 0 Å². The molecule has 0 fully saturated rings. The smallest absolute Gasteiger partial charge is 0.166 e. The summed E-state index contributed by atoms with van der Waals surface area (Å²) >= 11 is 5.36. The van der Waals surface area contributed by atoms with Crippen molar-refractivity contribution in [2.24, 2.45) is 0 Å². The first-order chi connectivity index (χ1) is 11.9. The number of hydrogen-bond acceptors (Lipinski definition) is 0. The Morgan fingerprint density at radius 1 is 0.846 bits per heavy atom. The summed E-state index contributed by atoms with van der Waals surface area (Å²) in [5.41, 5.74) is -0.0810. The molecule has 0 aliphatic carbocycles. The monoisotopic (exact) mass is 398 g/mol. The summed E-state index contributed by atoms with van der Waals surface area (Å²) < 4.78 is 72.7. The van der Waals surface area contributed by atoms with Crippen LogP contribution in [0.1, 0.15) is 43.0 Å². The van der Waals surface area contributed by atoms with Crippen LogP contribution in [0.4, 0.5) is 26.3 Å². The molecule has 7 heteroatoms. The van der Waals surface area contributed by atoms with E-state index >= 15 is 0 Å². The van der Waals surface area contributed by atoms with Gasteiger partial charge in [-0.05, 0) is 37.1 Å². The number of benzene rings is 2. The number of rotatable bonds is 1. The molecule has 2 aromatic carbocycles. The molecule has 0 aliphatic heterocycles. The van der Waals surface area contributed by atoms with Crippen LogP contribution in [0.15, 0.2) is 42.5 Å². The maximum atomic E-state index is 12.1. The van der Waals surface area contributed by atoms with Gasteiger partial charge in [0.25, 0.3) is 0 Å². The highest BCUT2D eigenvalue weighted by Crippen LogP contribution is 2.34. The first kappa shape index (κ1) is 24.3. The van der Waals surface area contributed by atoms with E-state index in [1.807, 2.05) is 20.8 Å². The molecule has 146 valence electrons. The van der Waals surface area contributed by atoms with Crippen LogP contribution in [-0.4, -0.2) is 0 Å². The van der Waals surface area contributed by atoms with E-state index in [9.17, 15) is 26.3 Å². The highest BCUT2D eigenvalue weighted by atomic mass is 35.5. The summed E-state index contributed by atoms with van der Waals surface area (Å²) in [6, 6.07) is 9.20. The van der Waals surface area contributed by atoms with E-state index < -0.39 is 23.5 Å². The minimum Gasteiger partial charge on any atom is -0.166 e. The van der Waals surface area contributed by atoms with Crippen molar-refractivity contribution < 1.29 is 26.3 Å². The van der Waals surface area contributed by atoms with E-state index in [4.69, 9.17) is 11.6 Å². The lowest BCUT2D eigenvalue weighted by Gasteiger charge is -2.08. The van der Waals surface area contributed by atoms with Gasteiger partial charge in [-0.15, -0.1) is 0 Å². The van der Waals surface area contributed by atoms with E-state index in [-0.39, 0.29) is 5.02 Å². The second kappa shape index (κ2) is 10.5. The SMILES string of the molecule is CC.CCc1cccc(C(F)(F)F)c1.Cc1ccc(Cl)c(C(F)(F)F)c1. The minimum atomic E-state index is -4.36. The third-order valence-corrected chi connectivity index (χ3v) is 3.42. The summed E-state index contributed by atoms with van der Waals surface area (Å²) in [5.74, 6) is 0. The van der Waals surface area contributed by atoms with Gasteiger partial charge in [0.2, 0.25) is 0 Å². The van der Waals surface area contributed by atoms with Crippen LogP contribution in [0.3, 0.4) is 0 Å². The van der Waals surface area contributed by atoms with Crippen molar-refractivity contribution >= 4 is 11.6 Å². The third-order valence-electron chi connectivity index (χ3n) is 3.09. The number of halogens is 7. The van der Waals surface area contributed by atoms with Crippen molar-refractivity contribution in [2.45, 2.75) is 46.5 Å². The van der Waals surface area contributed by atoms with E-state index in [2.05, 4.69) is 0 Å². The van der Waals surface area contributed by atoms with Gasteiger partial charge in [-0.25, -0.2) is 0 Å². The molecule has 0 aromatic heterocycles. The van der Waals surface area contributed by atoms with Gasteiger partial charge in [0.05, 0.1) is 16.1 Å². The van der Waals surface area contributed by atoms with Crippen molar-refractivity contribution in [1.29, 1.82) is 0 Å². The molecule has 0 aliphatic rings. The third kappa shape index (κ3) is 8.13. The molecule has 2 rings (SSSR count). The molecule has 0 spiro atoms. The van der Waals surface area contributed by atoms with Crippen LogP contribution >= 0.6 is 11.6 Å². The van der Waals surface area contributed by atoms with Gasteiger partial charge < -0.3 is 0 Å². The summed E-state index contributed by atoms with van der Waals surface area (Å²) in [4.78, 5) is 0. The molecule has 0 amide bonds. The predicted molar refractivity (Wildman–Crippen MR) is 93.4 cm³/mol. The average molecular weight is 399 g/mol. The summed E-state index contributed by atoms with van der Waals surface area (Å²) in [7, 11) is 0. The van der Waals surface area contributed by atoms with Gasteiger partial charge >= 0.3 is 12.4 Å². The van der Waals surface area contributed by atoms with Gasteiger partial charge in [-0.2, -0.15) is 26.3 Å². The van der Waals surface area contributed by atoms with Crippen molar-refractivity contribution in [3.63, 3.8) is 0 Å². The Balaban J connectivity index is 0.000000439. The fourth-order valence-corrected chi connectivity index (χ4v) is 2.05. The molecule has 0 unspecified atom stereocenters. The topological polar surface area (TPSA) is 0 Å². The first-order valence-corrected chi connectivity index (χ1v) is 8.32. The maximum absolute atomic E-state index is 12.1. The zero-order valence-electron chi connectivity index (χ0n) is 14.9. The van der Waals surface area contributed by atoms with E-state index in [1.54, 1.807) is 13.0 Å². The highest BCUT2D eigenvalue weighted by Gasteiger charge is 2.33. The zero-order valence-corrected chi connectivity index (χ0v) is 15.7. The van der Waals surface area contributed by atoms with Crippen LogP contribution in [0.2, 0.25) is 5.02 Å². The van der Waals surface area contributed by atoms with E-state index in [0.717, 1.165) is 12.1 Å². The molecule has 0 atom stereocenters. The standard InChI is InChI=1S/C9H9F3.C8H6ClF3.C2H6/c1-2-7-4-3-5-8(6-7)9(10,11)12;1-5-2-3-7(9)6(4-5)8(10,11)12;1-2/h3-6H,2H2,1H3;2-4H,1H3;1-2H3. The van der Waals surface area contributed by atoms with Crippen molar-refractivity contribution in [3.8, 4) is 0 Å². The normalized spacial score (nSPS) is 11.0. The fourth-order valence-electron chi connectivity index (χ4n) is 1.82. The fraction of sp³-hybridized carbons (Fsp3) is 0.368. The number of aryl methyl sites for hydroxylation is 2. The van der Waals surface area contributed by atoms with Crippen LogP contribution in [0, 0.1) is 6.92 Å². The highest BCUT2D eigenvalue weighted by molar-refractivity contribution is 6.31. The van der Waals surface area contributed by atoms with Gasteiger partial charge in [-0.3, -0.25) is 0 Å². The molecule has 0 saturated heterocycles. The van der Waals surface area contributed by atoms with Crippen LogP contribution in [0.25, 0.3) is 0 Å². The molecular formula is C19H21ClF6. The Kier molecular flexibility index (Phi) is 9.78. The average Bonchev–Trinajstić information content (AvgIpc) is 2.58. The van der Waals surface area contributed by atoms with Gasteiger partial charge in [0, 0.05) is 0 Å². The second-order valence-corrected chi connectivity index (χ2v) is 5.44. The number of alkyl halides is 6. The van der Waals surface area contributed by atoms with E-state index in [1.165, 1.54) is 24.3 Å². The Hall–Kier alpha value is -1.69. The molecule has 0 nitrogen and oxygen atoms in total. The number of hydrogen-bond donors (Lipinski definition) is 0. The lowest BCUT2D eigenvalue weighted by Crippen LogP contribution is -2.05. The lowest BCUT2D eigenvalue weighted by atomic mass is 10.1. The molecule has 0 saturated carbocycles. The Labute approximate surface area is 154 Å². The Bertz CT molecular complexity index is 674. The minimum absolute atomic E-state index is 0.256. The molecule has 0 bridgehead atoms. The van der Waals surface area contributed by atoms with Gasteiger partial charge in [0.1, 0.15) is 0 Å². The largest absolute Gasteiger partial charge is 0.417 e. The maximum Gasteiger partial charge on any atom is 0.417 e. The lowest BCUT2D eigenvalue weighted by molar-refractivity contribution is -0.138. The molecule has 0 radical (unpaired) electrons. The summed E-state index contributed by atoms with van der Waals surface area (Å²) in [5, 5.41) is -0.256.